The average molecular weight is 283 g/mol. The van der Waals surface area contributed by atoms with Crippen LogP contribution in [0.1, 0.15) is 30.4 Å². The molecule has 2 unspecified atom stereocenters. The van der Waals surface area contributed by atoms with Gasteiger partial charge in [-0.05, 0) is 24.0 Å². The molecule has 1 aromatic carbocycles. The van der Waals surface area contributed by atoms with Crippen molar-refractivity contribution in [1.29, 1.82) is 0 Å². The Hall–Kier alpha value is -0.910. The van der Waals surface area contributed by atoms with E-state index in [0.29, 0.717) is 6.54 Å². The van der Waals surface area contributed by atoms with Crippen molar-refractivity contribution in [2.24, 2.45) is 0 Å². The fourth-order valence-corrected chi connectivity index (χ4v) is 4.18. The van der Waals surface area contributed by atoms with E-state index in [1.807, 2.05) is 24.3 Å². The molecule has 1 fully saturated rings. The van der Waals surface area contributed by atoms with Crippen LogP contribution in [-0.2, 0) is 23.0 Å². The summed E-state index contributed by atoms with van der Waals surface area (Å²) in [5, 5.41) is 12.2. The Morgan fingerprint density at radius 2 is 2.05 bits per heavy atom. The third-order valence-corrected chi connectivity index (χ3v) is 5.41. The topological polar surface area (TPSA) is 66.4 Å². The number of hydrogen-bond acceptors (Lipinski definition) is 4. The van der Waals surface area contributed by atoms with E-state index >= 15 is 0 Å². The van der Waals surface area contributed by atoms with Crippen LogP contribution in [0.3, 0.4) is 0 Å². The summed E-state index contributed by atoms with van der Waals surface area (Å²) in [5.74, 6) is 0. The highest BCUT2D eigenvalue weighted by Crippen LogP contribution is 2.25. The van der Waals surface area contributed by atoms with E-state index in [2.05, 4.69) is 5.32 Å². The maximum Gasteiger partial charge on any atom is 0.151 e. The van der Waals surface area contributed by atoms with Crippen molar-refractivity contribution >= 4 is 9.84 Å². The summed E-state index contributed by atoms with van der Waals surface area (Å²) in [6, 6.07) is 7.75. The fraction of sp³-hybridized carbons (Fsp3) is 0.571. The standard InChI is InChI=1S/C14H21NO3S/c1-19(17,18)14-7-3-6-13(14)15-9-11-4-2-5-12(8-11)10-16/h2,4-5,8,13-16H,3,6-7,9-10H2,1H3. The number of rotatable bonds is 5. The minimum Gasteiger partial charge on any atom is -0.392 e. The molecule has 0 amide bonds. The van der Waals surface area contributed by atoms with Crippen molar-refractivity contribution in [2.45, 2.75) is 43.7 Å². The number of benzene rings is 1. The predicted octanol–water partition coefficient (Wildman–Crippen LogP) is 1.23. The molecule has 4 nitrogen and oxygen atoms in total. The van der Waals surface area contributed by atoms with E-state index in [1.165, 1.54) is 6.26 Å². The minimum atomic E-state index is -2.97. The van der Waals surface area contributed by atoms with Gasteiger partial charge in [0.1, 0.15) is 0 Å². The molecule has 0 aliphatic heterocycles. The molecule has 1 saturated carbocycles. The van der Waals surface area contributed by atoms with Gasteiger partial charge in [0.25, 0.3) is 0 Å². The van der Waals surface area contributed by atoms with Gasteiger partial charge in [0.15, 0.2) is 9.84 Å². The zero-order valence-corrected chi connectivity index (χ0v) is 12.0. The SMILES string of the molecule is CS(=O)(=O)C1CCCC1NCc1cccc(CO)c1. The van der Waals surface area contributed by atoms with E-state index in [-0.39, 0.29) is 17.9 Å². The lowest BCUT2D eigenvalue weighted by molar-refractivity contribution is 0.281. The van der Waals surface area contributed by atoms with E-state index < -0.39 is 9.84 Å². The monoisotopic (exact) mass is 283 g/mol. The number of aliphatic hydroxyl groups excluding tert-OH is 1. The Labute approximate surface area is 114 Å². The molecule has 1 aliphatic rings. The molecule has 106 valence electrons. The summed E-state index contributed by atoms with van der Waals surface area (Å²) in [5.41, 5.74) is 1.95. The summed E-state index contributed by atoms with van der Waals surface area (Å²) < 4.78 is 23.4. The minimum absolute atomic E-state index is 0.0310. The molecule has 19 heavy (non-hydrogen) atoms. The first-order valence-corrected chi connectivity index (χ1v) is 8.57. The van der Waals surface area contributed by atoms with Gasteiger partial charge < -0.3 is 10.4 Å². The average Bonchev–Trinajstić information content (AvgIpc) is 2.85. The third kappa shape index (κ3) is 3.78. The second-order valence-electron chi connectivity index (χ2n) is 5.26. The maximum atomic E-state index is 11.7. The first kappa shape index (κ1) is 14.5. The molecule has 2 N–H and O–H groups in total. The molecule has 0 heterocycles. The maximum absolute atomic E-state index is 11.7. The first-order chi connectivity index (χ1) is 9.00. The normalized spacial score (nSPS) is 23.7. The van der Waals surface area contributed by atoms with Crippen molar-refractivity contribution in [3.63, 3.8) is 0 Å². The summed E-state index contributed by atoms with van der Waals surface area (Å²) in [6.45, 7) is 0.674. The van der Waals surface area contributed by atoms with Crippen LogP contribution in [0.15, 0.2) is 24.3 Å². The molecule has 2 rings (SSSR count). The highest BCUT2D eigenvalue weighted by Gasteiger charge is 2.34. The Bertz CT molecular complexity index is 527. The first-order valence-electron chi connectivity index (χ1n) is 6.61. The molecule has 0 bridgehead atoms. The van der Waals surface area contributed by atoms with Gasteiger partial charge in [0.05, 0.1) is 11.9 Å². The number of nitrogens with one attached hydrogen (secondary N) is 1. The predicted molar refractivity (Wildman–Crippen MR) is 75.5 cm³/mol. The van der Waals surface area contributed by atoms with Crippen LogP contribution in [0, 0.1) is 0 Å². The van der Waals surface area contributed by atoms with Gasteiger partial charge in [0, 0.05) is 18.8 Å². The largest absolute Gasteiger partial charge is 0.392 e. The summed E-state index contributed by atoms with van der Waals surface area (Å²) in [4.78, 5) is 0. The summed E-state index contributed by atoms with van der Waals surface area (Å²) in [7, 11) is -2.97. The van der Waals surface area contributed by atoms with Crippen molar-refractivity contribution < 1.29 is 13.5 Å². The van der Waals surface area contributed by atoms with Gasteiger partial charge in [-0.15, -0.1) is 0 Å². The van der Waals surface area contributed by atoms with Crippen LogP contribution in [0.2, 0.25) is 0 Å². The van der Waals surface area contributed by atoms with Crippen molar-refractivity contribution in [1.82, 2.24) is 5.32 Å². The van der Waals surface area contributed by atoms with Crippen LogP contribution < -0.4 is 5.32 Å². The highest BCUT2D eigenvalue weighted by atomic mass is 32.2. The van der Waals surface area contributed by atoms with Crippen molar-refractivity contribution in [3.05, 3.63) is 35.4 Å². The lowest BCUT2D eigenvalue weighted by Gasteiger charge is -2.19. The van der Waals surface area contributed by atoms with E-state index in [0.717, 1.165) is 30.4 Å². The number of hydrogen-bond donors (Lipinski definition) is 2. The van der Waals surface area contributed by atoms with Gasteiger partial charge in [-0.2, -0.15) is 0 Å². The quantitative estimate of drug-likeness (QED) is 0.853. The molecule has 0 radical (unpaired) electrons. The zero-order chi connectivity index (χ0) is 13.9. The molecule has 1 aliphatic carbocycles. The Morgan fingerprint density at radius 3 is 2.74 bits per heavy atom. The Balaban J connectivity index is 1.98. The molecular formula is C14H21NO3S. The van der Waals surface area contributed by atoms with Crippen LogP contribution >= 0.6 is 0 Å². The van der Waals surface area contributed by atoms with E-state index in [4.69, 9.17) is 5.11 Å². The smallest absolute Gasteiger partial charge is 0.151 e. The van der Waals surface area contributed by atoms with Crippen LogP contribution in [0.4, 0.5) is 0 Å². The van der Waals surface area contributed by atoms with E-state index in [9.17, 15) is 8.42 Å². The van der Waals surface area contributed by atoms with Crippen molar-refractivity contribution in [2.75, 3.05) is 6.26 Å². The molecule has 0 spiro atoms. The van der Waals surface area contributed by atoms with Gasteiger partial charge in [-0.25, -0.2) is 8.42 Å². The molecule has 0 saturated heterocycles. The molecule has 5 heteroatoms. The van der Waals surface area contributed by atoms with Gasteiger partial charge in [-0.3, -0.25) is 0 Å². The third-order valence-electron chi connectivity index (χ3n) is 3.74. The molecule has 2 atom stereocenters. The van der Waals surface area contributed by atoms with Gasteiger partial charge >= 0.3 is 0 Å². The summed E-state index contributed by atoms with van der Waals surface area (Å²) in [6.07, 6.45) is 3.96. The fourth-order valence-electron chi connectivity index (χ4n) is 2.76. The molecule has 1 aromatic rings. The highest BCUT2D eigenvalue weighted by molar-refractivity contribution is 7.91. The van der Waals surface area contributed by atoms with Crippen LogP contribution in [0.25, 0.3) is 0 Å². The lowest BCUT2D eigenvalue weighted by atomic mass is 10.1. The number of sulfone groups is 1. The van der Waals surface area contributed by atoms with Gasteiger partial charge in [-0.1, -0.05) is 30.7 Å². The lowest BCUT2D eigenvalue weighted by Crippen LogP contribution is -2.39. The molecular weight excluding hydrogens is 262 g/mol. The summed E-state index contributed by atoms with van der Waals surface area (Å²) >= 11 is 0. The van der Waals surface area contributed by atoms with Crippen molar-refractivity contribution in [3.8, 4) is 0 Å². The Kier molecular flexibility index (Phi) is 4.60. The number of aliphatic hydroxyl groups is 1. The second-order valence-corrected chi connectivity index (χ2v) is 7.53. The van der Waals surface area contributed by atoms with Crippen LogP contribution in [0.5, 0.6) is 0 Å². The van der Waals surface area contributed by atoms with Gasteiger partial charge in [0.2, 0.25) is 0 Å². The second kappa shape index (κ2) is 6.03. The zero-order valence-electron chi connectivity index (χ0n) is 11.2. The molecule has 0 aromatic heterocycles. The van der Waals surface area contributed by atoms with E-state index in [1.54, 1.807) is 0 Å². The van der Waals surface area contributed by atoms with Crippen LogP contribution in [-0.4, -0.2) is 31.1 Å². The Morgan fingerprint density at radius 1 is 1.32 bits per heavy atom.